The van der Waals surface area contributed by atoms with Gasteiger partial charge in [-0.3, -0.25) is 9.59 Å². The van der Waals surface area contributed by atoms with Crippen molar-refractivity contribution in [1.29, 1.82) is 0 Å². The van der Waals surface area contributed by atoms with Crippen molar-refractivity contribution < 1.29 is 53.8 Å². The van der Waals surface area contributed by atoms with E-state index in [9.17, 15) is 34.8 Å². The fourth-order valence-corrected chi connectivity index (χ4v) is 6.78. The van der Waals surface area contributed by atoms with Gasteiger partial charge in [-0.2, -0.15) is 0 Å². The van der Waals surface area contributed by atoms with Crippen LogP contribution in [0.4, 0.5) is 0 Å². The van der Waals surface area contributed by atoms with Crippen LogP contribution in [0, 0.1) is 0 Å². The van der Waals surface area contributed by atoms with Gasteiger partial charge in [-0.05, 0) is 83.5 Å². The van der Waals surface area contributed by atoms with Gasteiger partial charge in [0.15, 0.2) is 18.5 Å². The Morgan fingerprint density at radius 2 is 0.952 bits per heavy atom. The van der Waals surface area contributed by atoms with Crippen molar-refractivity contribution in [2.45, 2.75) is 218 Å². The van der Waals surface area contributed by atoms with Gasteiger partial charge in [0.2, 0.25) is 0 Å². The summed E-state index contributed by atoms with van der Waals surface area (Å²) in [7, 11) is 0. The average Bonchev–Trinajstić information content (AvgIpc) is 3.26. The molecule has 1 rings (SSSR count). The first kappa shape index (κ1) is 56.7. The molecule has 1 aliphatic rings. The third kappa shape index (κ3) is 31.5. The molecule has 0 spiro atoms. The number of hydrogen-bond donors (Lipinski definition) is 4. The lowest BCUT2D eigenvalue weighted by Gasteiger charge is -2.38. The molecular weight excluding hydrogens is 789 g/mol. The quantitative estimate of drug-likeness (QED) is 0.0263. The summed E-state index contributed by atoms with van der Waals surface area (Å²) in [6.07, 6.45) is 42.3. The highest BCUT2D eigenvalue weighted by Gasteiger charge is 2.47. The summed E-state index contributed by atoms with van der Waals surface area (Å²) in [5.74, 6) is -2.49. The van der Waals surface area contributed by atoms with Gasteiger partial charge >= 0.3 is 17.9 Å². The molecule has 0 aliphatic carbocycles. The maximum atomic E-state index is 12.8. The van der Waals surface area contributed by atoms with Crippen molar-refractivity contribution in [2.75, 3.05) is 13.2 Å². The molecule has 1 fully saturated rings. The van der Waals surface area contributed by atoms with E-state index in [2.05, 4.69) is 86.8 Å². The molecule has 0 saturated carbocycles. The Labute approximate surface area is 374 Å². The summed E-state index contributed by atoms with van der Waals surface area (Å²) in [5, 5.41) is 39.9. The number of carbonyl (C=O) groups excluding carboxylic acids is 2. The van der Waals surface area contributed by atoms with Crippen LogP contribution in [0.2, 0.25) is 0 Å². The molecule has 62 heavy (non-hydrogen) atoms. The molecule has 1 heterocycles. The number of rotatable bonds is 39. The summed E-state index contributed by atoms with van der Waals surface area (Å²) in [6, 6.07) is 0. The van der Waals surface area contributed by atoms with E-state index < -0.39 is 61.3 Å². The molecule has 1 aliphatic heterocycles. The first-order valence-corrected chi connectivity index (χ1v) is 24.0. The third-order valence-electron chi connectivity index (χ3n) is 10.5. The Bertz CT molecular complexity index is 1300. The molecule has 0 amide bonds. The molecule has 4 N–H and O–H groups in total. The largest absolute Gasteiger partial charge is 0.479 e. The predicted molar refractivity (Wildman–Crippen MR) is 247 cm³/mol. The van der Waals surface area contributed by atoms with Gasteiger partial charge in [0, 0.05) is 12.8 Å². The van der Waals surface area contributed by atoms with Crippen LogP contribution in [0.15, 0.2) is 72.9 Å². The van der Waals surface area contributed by atoms with E-state index in [0.29, 0.717) is 12.8 Å². The first-order chi connectivity index (χ1) is 30.2. The topological polar surface area (TPSA) is 169 Å². The smallest absolute Gasteiger partial charge is 0.335 e. The number of esters is 2. The van der Waals surface area contributed by atoms with Crippen molar-refractivity contribution >= 4 is 17.9 Å². The third-order valence-corrected chi connectivity index (χ3v) is 10.5. The van der Waals surface area contributed by atoms with Crippen LogP contribution in [-0.4, -0.2) is 88.4 Å². The minimum Gasteiger partial charge on any atom is -0.479 e. The number of aliphatic carboxylic acids is 1. The monoisotopic (exact) mass is 873 g/mol. The zero-order valence-corrected chi connectivity index (χ0v) is 38.3. The van der Waals surface area contributed by atoms with Crippen molar-refractivity contribution in [2.24, 2.45) is 0 Å². The zero-order chi connectivity index (χ0) is 45.3. The van der Waals surface area contributed by atoms with Gasteiger partial charge in [-0.15, -0.1) is 0 Å². The molecule has 0 radical (unpaired) electrons. The maximum absolute atomic E-state index is 12.8. The number of carbonyl (C=O) groups is 3. The van der Waals surface area contributed by atoms with E-state index in [1.165, 1.54) is 57.8 Å². The molecule has 354 valence electrons. The van der Waals surface area contributed by atoms with Crippen molar-refractivity contribution in [3.8, 4) is 0 Å². The Balaban J connectivity index is 2.36. The van der Waals surface area contributed by atoms with E-state index in [0.717, 1.165) is 83.5 Å². The Kier molecular flexibility index (Phi) is 36.9. The first-order valence-electron chi connectivity index (χ1n) is 24.0. The molecule has 6 unspecified atom stereocenters. The zero-order valence-electron chi connectivity index (χ0n) is 38.3. The van der Waals surface area contributed by atoms with Gasteiger partial charge in [-0.25, -0.2) is 4.79 Å². The van der Waals surface area contributed by atoms with Gasteiger partial charge in [0.1, 0.15) is 24.9 Å². The van der Waals surface area contributed by atoms with Gasteiger partial charge in [0.25, 0.3) is 0 Å². The van der Waals surface area contributed by atoms with E-state index in [1.807, 2.05) is 0 Å². The molecule has 0 aromatic rings. The van der Waals surface area contributed by atoms with Crippen LogP contribution in [0.3, 0.4) is 0 Å². The molecule has 1 saturated heterocycles. The van der Waals surface area contributed by atoms with Crippen molar-refractivity contribution in [3.63, 3.8) is 0 Å². The van der Waals surface area contributed by atoms with Crippen LogP contribution in [0.5, 0.6) is 0 Å². The van der Waals surface area contributed by atoms with Gasteiger partial charge in [-0.1, -0.05) is 157 Å². The minimum atomic E-state index is -1.87. The van der Waals surface area contributed by atoms with E-state index in [4.69, 9.17) is 18.9 Å². The fraction of sp³-hybridized carbons (Fsp3) is 0.706. The summed E-state index contributed by atoms with van der Waals surface area (Å²) in [6.45, 7) is 3.65. The lowest BCUT2D eigenvalue weighted by molar-refractivity contribution is -0.298. The fourth-order valence-electron chi connectivity index (χ4n) is 6.78. The van der Waals surface area contributed by atoms with E-state index >= 15 is 0 Å². The van der Waals surface area contributed by atoms with Crippen LogP contribution in [0.25, 0.3) is 0 Å². The summed E-state index contributed by atoms with van der Waals surface area (Å²) in [4.78, 5) is 36.9. The molecule has 6 atom stereocenters. The highest BCUT2D eigenvalue weighted by atomic mass is 16.7. The second-order valence-electron chi connectivity index (χ2n) is 16.2. The molecular formula is C51H84O11. The SMILES string of the molecule is CC/C=C\C/C=C\C/C=C\C/C=C\CCCCCCC(=O)OCC(COC1OC(C(=O)O)C(O)C(O)C1O)OC(=O)CCCCCCCCCCC/C=C\C/C=C\CCCCC. The Morgan fingerprint density at radius 3 is 1.44 bits per heavy atom. The normalized spacial score (nSPS) is 20.2. The van der Waals surface area contributed by atoms with E-state index in [1.54, 1.807) is 0 Å². The second-order valence-corrected chi connectivity index (χ2v) is 16.2. The molecule has 0 aromatic heterocycles. The van der Waals surface area contributed by atoms with Gasteiger partial charge in [0.05, 0.1) is 6.61 Å². The highest BCUT2D eigenvalue weighted by Crippen LogP contribution is 2.23. The van der Waals surface area contributed by atoms with Crippen molar-refractivity contribution in [3.05, 3.63) is 72.9 Å². The standard InChI is InChI=1S/C51H84O11/c1-3-5-7-9-11-13-15-17-19-21-22-24-26-28-30-32-34-36-38-40-45(53)61-43(42-60-51-48(56)46(54)47(55)49(62-51)50(57)58)41-59-44(52)39-37-35-33-31-29-27-25-23-20-18-16-14-12-10-8-6-4-2/h6,8,11-14,17-20,25,27,43,46-49,51,54-56H,3-5,7,9-10,15-16,21-24,26,28-42H2,1-2H3,(H,57,58)/b8-6-,13-11-,14-12-,19-17-,20-18-,27-25-. The number of carboxylic acids is 1. The lowest BCUT2D eigenvalue weighted by Crippen LogP contribution is -2.60. The number of ether oxygens (including phenoxy) is 4. The summed E-state index contributed by atoms with van der Waals surface area (Å²) < 4.78 is 21.8. The molecule has 0 aromatic carbocycles. The number of unbranched alkanes of at least 4 members (excludes halogenated alkanes) is 16. The number of carboxylic acid groups (broad SMARTS) is 1. The number of hydrogen-bond acceptors (Lipinski definition) is 10. The molecule has 11 heteroatoms. The van der Waals surface area contributed by atoms with Crippen LogP contribution in [0.1, 0.15) is 181 Å². The summed E-state index contributed by atoms with van der Waals surface area (Å²) >= 11 is 0. The molecule has 11 nitrogen and oxygen atoms in total. The average molecular weight is 873 g/mol. The van der Waals surface area contributed by atoms with Gasteiger partial charge < -0.3 is 39.4 Å². The van der Waals surface area contributed by atoms with Crippen LogP contribution < -0.4 is 0 Å². The number of allylic oxidation sites excluding steroid dienone is 12. The van der Waals surface area contributed by atoms with E-state index in [-0.39, 0.29) is 19.4 Å². The second kappa shape index (κ2) is 40.4. The predicted octanol–water partition coefficient (Wildman–Crippen LogP) is 10.9. The van der Waals surface area contributed by atoms with Crippen molar-refractivity contribution in [1.82, 2.24) is 0 Å². The molecule has 0 bridgehead atoms. The number of aliphatic hydroxyl groups excluding tert-OH is 3. The van der Waals surface area contributed by atoms with Crippen LogP contribution >= 0.6 is 0 Å². The Morgan fingerprint density at radius 1 is 0.516 bits per heavy atom. The highest BCUT2D eigenvalue weighted by molar-refractivity contribution is 5.73. The number of aliphatic hydroxyl groups is 3. The lowest BCUT2D eigenvalue weighted by atomic mass is 9.99. The van der Waals surface area contributed by atoms with Crippen LogP contribution in [-0.2, 0) is 33.3 Å². The minimum absolute atomic E-state index is 0.169. The summed E-state index contributed by atoms with van der Waals surface area (Å²) in [5.41, 5.74) is 0. The maximum Gasteiger partial charge on any atom is 0.335 e. The Hall–Kier alpha value is -3.35.